The summed E-state index contributed by atoms with van der Waals surface area (Å²) in [6, 6.07) is 2.33. The minimum atomic E-state index is 0.657. The first-order chi connectivity index (χ1) is 9.74. The van der Waals surface area contributed by atoms with Gasteiger partial charge in [0.1, 0.15) is 0 Å². The molecule has 0 aromatic rings. The van der Waals surface area contributed by atoms with E-state index >= 15 is 0 Å². The first-order valence-corrected chi connectivity index (χ1v) is 8.96. The van der Waals surface area contributed by atoms with E-state index in [2.05, 4.69) is 35.9 Å². The Morgan fingerprint density at radius 1 is 1.20 bits per heavy atom. The molecule has 4 rings (SSSR count). The van der Waals surface area contributed by atoms with Crippen LogP contribution in [0.25, 0.3) is 0 Å². The SMILES string of the molecule is CCCN1CC2C3CCN(CC3)C2C1CC(C)NCC. The molecule has 3 heteroatoms. The summed E-state index contributed by atoms with van der Waals surface area (Å²) in [6.45, 7) is 13.5. The number of likely N-dealkylation sites (tertiary alicyclic amines) is 1. The first-order valence-electron chi connectivity index (χ1n) is 8.96. The fourth-order valence-corrected chi connectivity index (χ4v) is 5.23. The number of nitrogens with one attached hydrogen (secondary N) is 1. The number of rotatable bonds is 6. The molecule has 0 aromatic carbocycles. The number of nitrogens with zero attached hydrogens (tertiary/aromatic N) is 2. The van der Waals surface area contributed by atoms with Crippen molar-refractivity contribution in [2.24, 2.45) is 11.8 Å². The molecule has 3 nitrogen and oxygen atoms in total. The highest BCUT2D eigenvalue weighted by atomic mass is 15.3. The Kier molecular flexibility index (Phi) is 4.68. The van der Waals surface area contributed by atoms with E-state index in [9.17, 15) is 0 Å². The van der Waals surface area contributed by atoms with Crippen LogP contribution in [-0.2, 0) is 0 Å². The van der Waals surface area contributed by atoms with Crippen LogP contribution in [0.1, 0.15) is 46.5 Å². The van der Waals surface area contributed by atoms with Crippen molar-refractivity contribution in [1.29, 1.82) is 0 Å². The van der Waals surface area contributed by atoms with E-state index in [0.717, 1.165) is 30.5 Å². The van der Waals surface area contributed by atoms with E-state index in [1.807, 2.05) is 0 Å². The molecule has 4 fully saturated rings. The van der Waals surface area contributed by atoms with Gasteiger partial charge in [0.15, 0.2) is 0 Å². The van der Waals surface area contributed by atoms with Gasteiger partial charge in [-0.1, -0.05) is 13.8 Å². The fourth-order valence-electron chi connectivity index (χ4n) is 5.23. The molecule has 0 aromatic heterocycles. The molecule has 4 aliphatic heterocycles. The predicted molar refractivity (Wildman–Crippen MR) is 85.0 cm³/mol. The summed E-state index contributed by atoms with van der Waals surface area (Å²) in [5.74, 6) is 2.01. The van der Waals surface area contributed by atoms with E-state index in [1.54, 1.807) is 0 Å². The van der Waals surface area contributed by atoms with Crippen LogP contribution in [0.5, 0.6) is 0 Å². The number of fused-ring (bicyclic) bond motifs is 2. The van der Waals surface area contributed by atoms with Gasteiger partial charge in [0.05, 0.1) is 0 Å². The zero-order valence-corrected chi connectivity index (χ0v) is 13.6. The minimum Gasteiger partial charge on any atom is -0.314 e. The second-order valence-electron chi connectivity index (χ2n) is 7.28. The van der Waals surface area contributed by atoms with Crippen LogP contribution in [-0.4, -0.2) is 60.6 Å². The minimum absolute atomic E-state index is 0.657. The van der Waals surface area contributed by atoms with Crippen molar-refractivity contribution in [3.8, 4) is 0 Å². The maximum Gasteiger partial charge on any atom is 0.0295 e. The third kappa shape index (κ3) is 2.65. The fraction of sp³-hybridized carbons (Fsp3) is 1.00. The largest absolute Gasteiger partial charge is 0.314 e. The maximum absolute atomic E-state index is 3.63. The van der Waals surface area contributed by atoms with Crippen molar-refractivity contribution in [3.05, 3.63) is 0 Å². The van der Waals surface area contributed by atoms with Crippen LogP contribution < -0.4 is 5.32 Å². The summed E-state index contributed by atoms with van der Waals surface area (Å²) < 4.78 is 0. The number of hydrogen-bond acceptors (Lipinski definition) is 3. The number of hydrogen-bond donors (Lipinski definition) is 1. The van der Waals surface area contributed by atoms with Gasteiger partial charge < -0.3 is 5.32 Å². The predicted octanol–water partition coefficient (Wildman–Crippen LogP) is 2.18. The Bertz CT molecular complexity index is 311. The highest BCUT2D eigenvalue weighted by Crippen LogP contribution is 2.44. The van der Waals surface area contributed by atoms with E-state index in [0.29, 0.717) is 6.04 Å². The third-order valence-electron chi connectivity index (χ3n) is 6.01. The van der Waals surface area contributed by atoms with Gasteiger partial charge in [-0.25, -0.2) is 0 Å². The molecule has 0 amide bonds. The van der Waals surface area contributed by atoms with E-state index < -0.39 is 0 Å². The lowest BCUT2D eigenvalue weighted by Gasteiger charge is -2.50. The van der Waals surface area contributed by atoms with Crippen molar-refractivity contribution in [1.82, 2.24) is 15.1 Å². The molecule has 0 spiro atoms. The summed E-state index contributed by atoms with van der Waals surface area (Å²) in [5, 5.41) is 3.63. The molecule has 4 atom stereocenters. The van der Waals surface area contributed by atoms with Gasteiger partial charge in [0.25, 0.3) is 0 Å². The van der Waals surface area contributed by atoms with Crippen LogP contribution >= 0.6 is 0 Å². The standard InChI is InChI=1S/C17H33N3/c1-4-8-20-12-15-14-6-9-19(10-7-14)17(15)16(20)11-13(3)18-5-2/h13-18H,4-12H2,1-3H3. The Balaban J connectivity index is 1.73. The van der Waals surface area contributed by atoms with Gasteiger partial charge in [-0.05, 0) is 70.6 Å². The quantitative estimate of drug-likeness (QED) is 0.804. The molecular weight excluding hydrogens is 246 g/mol. The van der Waals surface area contributed by atoms with E-state index in [-0.39, 0.29) is 0 Å². The monoisotopic (exact) mass is 279 g/mol. The highest BCUT2D eigenvalue weighted by molar-refractivity contribution is 5.07. The molecule has 1 N–H and O–H groups in total. The van der Waals surface area contributed by atoms with Crippen LogP contribution in [0.15, 0.2) is 0 Å². The molecule has 0 radical (unpaired) electrons. The number of piperidine rings is 3. The van der Waals surface area contributed by atoms with Crippen molar-refractivity contribution in [2.45, 2.75) is 64.6 Å². The summed E-state index contributed by atoms with van der Waals surface area (Å²) in [5.41, 5.74) is 0. The first kappa shape index (κ1) is 14.8. The average Bonchev–Trinajstić information content (AvgIpc) is 2.81. The van der Waals surface area contributed by atoms with Crippen molar-refractivity contribution >= 4 is 0 Å². The molecule has 4 aliphatic rings. The van der Waals surface area contributed by atoms with Crippen LogP contribution in [0.3, 0.4) is 0 Å². The molecule has 0 aliphatic carbocycles. The molecule has 4 heterocycles. The van der Waals surface area contributed by atoms with Crippen molar-refractivity contribution in [3.63, 3.8) is 0 Å². The molecule has 4 saturated heterocycles. The third-order valence-corrected chi connectivity index (χ3v) is 6.01. The topological polar surface area (TPSA) is 18.5 Å². The lowest BCUT2D eigenvalue weighted by Crippen LogP contribution is -2.57. The summed E-state index contributed by atoms with van der Waals surface area (Å²) in [6.07, 6.45) is 5.57. The average molecular weight is 279 g/mol. The molecule has 116 valence electrons. The summed E-state index contributed by atoms with van der Waals surface area (Å²) in [4.78, 5) is 5.67. The Labute approximate surface area is 125 Å². The zero-order chi connectivity index (χ0) is 14.1. The Morgan fingerprint density at radius 3 is 2.60 bits per heavy atom. The lowest BCUT2D eigenvalue weighted by molar-refractivity contribution is 0.00114. The van der Waals surface area contributed by atoms with Gasteiger partial charge in [0, 0.05) is 24.7 Å². The second kappa shape index (κ2) is 6.33. The van der Waals surface area contributed by atoms with Crippen LogP contribution in [0.2, 0.25) is 0 Å². The van der Waals surface area contributed by atoms with Gasteiger partial charge in [0.2, 0.25) is 0 Å². The molecular formula is C17H33N3. The highest BCUT2D eigenvalue weighted by Gasteiger charge is 2.51. The maximum atomic E-state index is 3.63. The Hall–Kier alpha value is -0.120. The molecule has 20 heavy (non-hydrogen) atoms. The normalized spacial score (nSPS) is 41.9. The Morgan fingerprint density at radius 2 is 1.95 bits per heavy atom. The van der Waals surface area contributed by atoms with Crippen molar-refractivity contribution < 1.29 is 0 Å². The van der Waals surface area contributed by atoms with Crippen LogP contribution in [0.4, 0.5) is 0 Å². The molecule has 2 bridgehead atoms. The van der Waals surface area contributed by atoms with E-state index in [1.165, 1.54) is 51.9 Å². The van der Waals surface area contributed by atoms with E-state index in [4.69, 9.17) is 0 Å². The second-order valence-corrected chi connectivity index (χ2v) is 7.28. The summed E-state index contributed by atoms with van der Waals surface area (Å²) in [7, 11) is 0. The zero-order valence-electron chi connectivity index (χ0n) is 13.6. The van der Waals surface area contributed by atoms with Gasteiger partial charge >= 0.3 is 0 Å². The van der Waals surface area contributed by atoms with Gasteiger partial charge in [-0.15, -0.1) is 0 Å². The lowest BCUT2D eigenvalue weighted by atomic mass is 9.73. The van der Waals surface area contributed by atoms with Gasteiger partial charge in [-0.3, -0.25) is 9.80 Å². The smallest absolute Gasteiger partial charge is 0.0295 e. The van der Waals surface area contributed by atoms with Gasteiger partial charge in [-0.2, -0.15) is 0 Å². The van der Waals surface area contributed by atoms with Crippen LogP contribution in [0, 0.1) is 11.8 Å². The molecule has 4 unspecified atom stereocenters. The summed E-state index contributed by atoms with van der Waals surface area (Å²) >= 11 is 0. The van der Waals surface area contributed by atoms with Crippen molar-refractivity contribution in [2.75, 3.05) is 32.7 Å². The molecule has 0 saturated carbocycles.